The Morgan fingerprint density at radius 2 is 1.82 bits per heavy atom. The van der Waals surface area contributed by atoms with E-state index in [1.54, 1.807) is 12.1 Å². The van der Waals surface area contributed by atoms with Crippen LogP contribution in [0.15, 0.2) is 28.7 Å². The van der Waals surface area contributed by atoms with Gasteiger partial charge in [-0.3, -0.25) is 4.79 Å². The summed E-state index contributed by atoms with van der Waals surface area (Å²) in [5.74, 6) is -0.240. The second-order valence-corrected chi connectivity index (χ2v) is 6.30. The Morgan fingerprint density at radius 1 is 1.14 bits per heavy atom. The summed E-state index contributed by atoms with van der Waals surface area (Å²) >= 11 is 3.33. The molecular weight excluding hydrogens is 348 g/mol. The molecule has 0 radical (unpaired) electrons. The third kappa shape index (κ3) is 6.05. The van der Waals surface area contributed by atoms with Crippen LogP contribution in [0.3, 0.4) is 0 Å². The van der Waals surface area contributed by atoms with Crippen molar-refractivity contribution in [1.29, 1.82) is 0 Å². The summed E-state index contributed by atoms with van der Waals surface area (Å²) < 4.78 is 6.34. The standard InChI is InChI=1S/C16H21BrN2O3/c17-12-6-8-13(9-7-12)19-16(21)18-11-10-15(20)22-14-4-2-1-3-5-14/h6-9,14H,1-5,10-11H2,(H2,18,19,21). The van der Waals surface area contributed by atoms with Gasteiger partial charge >= 0.3 is 12.0 Å². The summed E-state index contributed by atoms with van der Waals surface area (Å²) in [6.07, 6.45) is 5.68. The van der Waals surface area contributed by atoms with Gasteiger partial charge in [-0.2, -0.15) is 0 Å². The summed E-state index contributed by atoms with van der Waals surface area (Å²) in [4.78, 5) is 23.4. The number of halogens is 1. The van der Waals surface area contributed by atoms with Gasteiger partial charge in [-0.1, -0.05) is 22.4 Å². The number of carbonyl (C=O) groups excluding carboxylic acids is 2. The molecule has 0 aliphatic heterocycles. The summed E-state index contributed by atoms with van der Waals surface area (Å²) in [5, 5.41) is 5.35. The molecule has 0 bridgehead atoms. The number of benzene rings is 1. The fourth-order valence-corrected chi connectivity index (χ4v) is 2.68. The maximum atomic E-state index is 11.7. The van der Waals surface area contributed by atoms with Crippen LogP contribution in [0.2, 0.25) is 0 Å². The van der Waals surface area contributed by atoms with Crippen LogP contribution >= 0.6 is 15.9 Å². The molecule has 2 N–H and O–H groups in total. The van der Waals surface area contributed by atoms with Crippen LogP contribution in [-0.4, -0.2) is 24.6 Å². The molecule has 120 valence electrons. The minimum absolute atomic E-state index is 0.0674. The topological polar surface area (TPSA) is 67.4 Å². The van der Waals surface area contributed by atoms with E-state index in [-0.39, 0.29) is 31.1 Å². The van der Waals surface area contributed by atoms with Crippen molar-refractivity contribution in [2.75, 3.05) is 11.9 Å². The molecule has 5 nitrogen and oxygen atoms in total. The van der Waals surface area contributed by atoms with E-state index in [1.165, 1.54) is 6.42 Å². The third-order valence-electron chi connectivity index (χ3n) is 3.57. The second-order valence-electron chi connectivity index (χ2n) is 5.39. The normalized spacial score (nSPS) is 15.1. The van der Waals surface area contributed by atoms with Crippen molar-refractivity contribution in [3.05, 3.63) is 28.7 Å². The maximum Gasteiger partial charge on any atom is 0.319 e. The zero-order valence-corrected chi connectivity index (χ0v) is 14.0. The van der Waals surface area contributed by atoms with E-state index in [0.717, 1.165) is 30.2 Å². The molecule has 2 amide bonds. The lowest BCUT2D eigenvalue weighted by Gasteiger charge is -2.21. The minimum atomic E-state index is -0.326. The summed E-state index contributed by atoms with van der Waals surface area (Å²) in [6.45, 7) is 0.272. The van der Waals surface area contributed by atoms with Gasteiger partial charge in [-0.25, -0.2) is 4.79 Å². The van der Waals surface area contributed by atoms with Crippen LogP contribution in [0.4, 0.5) is 10.5 Å². The van der Waals surface area contributed by atoms with Gasteiger partial charge in [0.05, 0.1) is 6.42 Å². The average Bonchev–Trinajstić information content (AvgIpc) is 2.50. The van der Waals surface area contributed by atoms with Crippen molar-refractivity contribution >= 4 is 33.6 Å². The van der Waals surface area contributed by atoms with E-state index in [4.69, 9.17) is 4.74 Å². The van der Waals surface area contributed by atoms with Crippen LogP contribution in [0.5, 0.6) is 0 Å². The number of hydrogen-bond donors (Lipinski definition) is 2. The molecule has 1 saturated carbocycles. The quantitative estimate of drug-likeness (QED) is 0.775. The number of rotatable bonds is 5. The Morgan fingerprint density at radius 3 is 2.50 bits per heavy atom. The lowest BCUT2D eigenvalue weighted by atomic mass is 9.98. The number of nitrogens with one attached hydrogen (secondary N) is 2. The zero-order chi connectivity index (χ0) is 15.8. The van der Waals surface area contributed by atoms with Crippen LogP contribution in [0.1, 0.15) is 38.5 Å². The first-order valence-corrected chi connectivity index (χ1v) is 8.43. The summed E-state index contributed by atoms with van der Waals surface area (Å²) in [6, 6.07) is 6.95. The monoisotopic (exact) mass is 368 g/mol. The van der Waals surface area contributed by atoms with Crippen molar-refractivity contribution in [3.8, 4) is 0 Å². The fraction of sp³-hybridized carbons (Fsp3) is 0.500. The molecule has 1 aromatic carbocycles. The van der Waals surface area contributed by atoms with Gasteiger partial charge in [0, 0.05) is 16.7 Å². The lowest BCUT2D eigenvalue weighted by Crippen LogP contribution is -2.31. The molecule has 0 unspecified atom stereocenters. The molecule has 1 aromatic rings. The average molecular weight is 369 g/mol. The molecule has 0 atom stereocenters. The van der Waals surface area contributed by atoms with Crippen molar-refractivity contribution in [2.45, 2.75) is 44.6 Å². The number of hydrogen-bond acceptors (Lipinski definition) is 3. The van der Waals surface area contributed by atoms with E-state index in [1.807, 2.05) is 12.1 Å². The molecular formula is C16H21BrN2O3. The van der Waals surface area contributed by atoms with Crippen LogP contribution in [0.25, 0.3) is 0 Å². The molecule has 1 aliphatic rings. The van der Waals surface area contributed by atoms with E-state index >= 15 is 0 Å². The van der Waals surface area contributed by atoms with Gasteiger partial charge in [0.1, 0.15) is 6.10 Å². The Hall–Kier alpha value is -1.56. The molecule has 1 fully saturated rings. The molecule has 0 heterocycles. The smallest absolute Gasteiger partial charge is 0.319 e. The van der Waals surface area contributed by atoms with Crippen molar-refractivity contribution in [3.63, 3.8) is 0 Å². The Kier molecular flexibility index (Phi) is 6.71. The van der Waals surface area contributed by atoms with Crippen LogP contribution in [-0.2, 0) is 9.53 Å². The first-order valence-electron chi connectivity index (χ1n) is 7.63. The predicted molar refractivity (Wildman–Crippen MR) is 88.7 cm³/mol. The van der Waals surface area contributed by atoms with E-state index < -0.39 is 0 Å². The maximum absolute atomic E-state index is 11.7. The minimum Gasteiger partial charge on any atom is -0.462 e. The van der Waals surface area contributed by atoms with Gasteiger partial charge in [-0.15, -0.1) is 0 Å². The highest BCUT2D eigenvalue weighted by atomic mass is 79.9. The molecule has 2 rings (SSSR count). The summed E-state index contributed by atoms with van der Waals surface area (Å²) in [7, 11) is 0. The number of amides is 2. The number of urea groups is 1. The molecule has 22 heavy (non-hydrogen) atoms. The Bertz CT molecular complexity index is 499. The fourth-order valence-electron chi connectivity index (χ4n) is 2.41. The number of anilines is 1. The van der Waals surface area contributed by atoms with Crippen molar-refractivity contribution in [2.24, 2.45) is 0 Å². The van der Waals surface area contributed by atoms with Gasteiger partial charge in [0.25, 0.3) is 0 Å². The second kappa shape index (κ2) is 8.78. The zero-order valence-electron chi connectivity index (χ0n) is 12.4. The number of carbonyl (C=O) groups is 2. The van der Waals surface area contributed by atoms with Gasteiger partial charge in [-0.05, 0) is 49.9 Å². The van der Waals surface area contributed by atoms with Gasteiger partial charge < -0.3 is 15.4 Å². The highest BCUT2D eigenvalue weighted by Gasteiger charge is 2.17. The highest BCUT2D eigenvalue weighted by molar-refractivity contribution is 9.10. The molecule has 0 saturated heterocycles. The largest absolute Gasteiger partial charge is 0.462 e. The number of ether oxygens (including phenoxy) is 1. The van der Waals surface area contributed by atoms with E-state index in [9.17, 15) is 9.59 Å². The summed E-state index contributed by atoms with van der Waals surface area (Å²) in [5.41, 5.74) is 0.700. The SMILES string of the molecule is O=C(NCCC(=O)OC1CCCCC1)Nc1ccc(Br)cc1. The highest BCUT2D eigenvalue weighted by Crippen LogP contribution is 2.20. The number of esters is 1. The van der Waals surface area contributed by atoms with Crippen LogP contribution in [0, 0.1) is 0 Å². The third-order valence-corrected chi connectivity index (χ3v) is 4.10. The van der Waals surface area contributed by atoms with Crippen molar-refractivity contribution in [1.82, 2.24) is 5.32 Å². The van der Waals surface area contributed by atoms with Gasteiger partial charge in [0.15, 0.2) is 0 Å². The van der Waals surface area contributed by atoms with Crippen molar-refractivity contribution < 1.29 is 14.3 Å². The predicted octanol–water partition coefficient (Wildman–Crippen LogP) is 3.84. The molecule has 0 aromatic heterocycles. The molecule has 6 heteroatoms. The Balaban J connectivity index is 1.61. The Labute approximate surface area is 138 Å². The van der Waals surface area contributed by atoms with E-state index in [2.05, 4.69) is 26.6 Å². The molecule has 0 spiro atoms. The van der Waals surface area contributed by atoms with Crippen LogP contribution < -0.4 is 10.6 Å². The van der Waals surface area contributed by atoms with Gasteiger partial charge in [0.2, 0.25) is 0 Å². The first-order chi connectivity index (χ1) is 10.6. The molecule has 1 aliphatic carbocycles. The first kappa shape index (κ1) is 16.8. The van der Waals surface area contributed by atoms with E-state index in [0.29, 0.717) is 5.69 Å². The lowest BCUT2D eigenvalue weighted by molar-refractivity contribution is -0.150.